The molecule has 1 saturated heterocycles. The molecule has 0 saturated carbocycles. The summed E-state index contributed by atoms with van der Waals surface area (Å²) in [5.74, 6) is -0.161. The molecule has 1 atom stereocenters. The Bertz CT molecular complexity index is 1050. The van der Waals surface area contributed by atoms with E-state index in [9.17, 15) is 9.59 Å². The van der Waals surface area contributed by atoms with E-state index in [1.54, 1.807) is 11.0 Å². The first-order chi connectivity index (χ1) is 13.7. The van der Waals surface area contributed by atoms with E-state index >= 15 is 0 Å². The molecule has 4 rings (SSSR count). The van der Waals surface area contributed by atoms with E-state index in [1.807, 2.05) is 48.5 Å². The van der Waals surface area contributed by atoms with Gasteiger partial charge in [0.15, 0.2) is 0 Å². The minimum absolute atomic E-state index is 0.110. The van der Waals surface area contributed by atoms with E-state index in [-0.39, 0.29) is 24.1 Å². The number of carbonyl (C=O) groups excluding carboxylic acids is 1. The second-order valence-corrected chi connectivity index (χ2v) is 6.79. The Morgan fingerprint density at radius 3 is 2.57 bits per heavy atom. The summed E-state index contributed by atoms with van der Waals surface area (Å²) in [6.45, 7) is 1.62. The van der Waals surface area contributed by atoms with E-state index in [2.05, 4.69) is 5.10 Å². The normalized spacial score (nSPS) is 17.0. The highest BCUT2D eigenvalue weighted by Crippen LogP contribution is 2.24. The Balaban J connectivity index is 1.72. The zero-order valence-electron chi connectivity index (χ0n) is 15.5. The Kier molecular flexibility index (Phi) is 5.18. The Morgan fingerprint density at radius 2 is 1.82 bits per heavy atom. The smallest absolute Gasteiger partial charge is 0.275 e. The van der Waals surface area contributed by atoms with Gasteiger partial charge in [0.05, 0.1) is 23.8 Å². The van der Waals surface area contributed by atoms with Crippen molar-refractivity contribution in [3.8, 4) is 11.3 Å². The van der Waals surface area contributed by atoms with Crippen LogP contribution >= 0.6 is 0 Å². The molecule has 1 aliphatic heterocycles. The Labute approximate surface area is 162 Å². The first-order valence-corrected chi connectivity index (χ1v) is 9.32. The van der Waals surface area contributed by atoms with Gasteiger partial charge in [-0.05, 0) is 6.07 Å². The number of ether oxygens (including phenoxy) is 1. The lowest BCUT2D eigenvalue weighted by atomic mass is 10.1. The first kappa shape index (κ1) is 18.3. The maximum Gasteiger partial charge on any atom is 0.275 e. The lowest BCUT2D eigenvalue weighted by Gasteiger charge is -2.32. The van der Waals surface area contributed by atoms with Gasteiger partial charge in [0, 0.05) is 30.6 Å². The van der Waals surface area contributed by atoms with Crippen LogP contribution in [0.1, 0.15) is 0 Å². The fraction of sp³-hybridized carbons (Fsp3) is 0.286. The number of fused-ring (bicyclic) bond motifs is 1. The van der Waals surface area contributed by atoms with Crippen LogP contribution in [-0.4, -0.2) is 52.9 Å². The SMILES string of the molecule is NCC1CN(C(=O)Cn2nc(-c3ccccc3)c3ccccc3c2=O)CCO1. The Hall–Kier alpha value is -3.03. The molecule has 2 heterocycles. The lowest BCUT2D eigenvalue weighted by Crippen LogP contribution is -2.49. The van der Waals surface area contributed by atoms with Crippen LogP contribution in [0.2, 0.25) is 0 Å². The molecule has 0 aliphatic carbocycles. The van der Waals surface area contributed by atoms with Gasteiger partial charge < -0.3 is 15.4 Å². The molecule has 144 valence electrons. The quantitative estimate of drug-likeness (QED) is 0.738. The van der Waals surface area contributed by atoms with Gasteiger partial charge in [0.2, 0.25) is 5.91 Å². The number of morpholine rings is 1. The summed E-state index contributed by atoms with van der Waals surface area (Å²) < 4.78 is 6.78. The molecule has 0 spiro atoms. The standard InChI is InChI=1S/C21H22N4O3/c22-12-16-13-24(10-11-28-16)19(26)14-25-21(27)18-9-5-4-8-17(18)20(23-25)15-6-2-1-3-7-15/h1-9,16H,10-14,22H2. The summed E-state index contributed by atoms with van der Waals surface area (Å²) in [5.41, 5.74) is 6.97. The number of hydrogen-bond acceptors (Lipinski definition) is 5. The van der Waals surface area contributed by atoms with Gasteiger partial charge in [0.1, 0.15) is 6.54 Å². The molecule has 1 unspecified atom stereocenters. The van der Waals surface area contributed by atoms with Crippen molar-refractivity contribution in [3.05, 3.63) is 65.0 Å². The van der Waals surface area contributed by atoms with Crippen molar-refractivity contribution in [2.45, 2.75) is 12.6 Å². The van der Waals surface area contributed by atoms with Gasteiger partial charge in [-0.2, -0.15) is 5.10 Å². The van der Waals surface area contributed by atoms with Crippen LogP contribution in [0.3, 0.4) is 0 Å². The van der Waals surface area contributed by atoms with E-state index in [0.717, 1.165) is 10.9 Å². The molecule has 0 radical (unpaired) electrons. The number of aromatic nitrogens is 2. The number of benzene rings is 2. The van der Waals surface area contributed by atoms with E-state index in [0.29, 0.717) is 37.3 Å². The average Bonchev–Trinajstić information content (AvgIpc) is 2.76. The number of carbonyl (C=O) groups is 1. The third-order valence-electron chi connectivity index (χ3n) is 4.95. The van der Waals surface area contributed by atoms with Gasteiger partial charge in [-0.25, -0.2) is 4.68 Å². The largest absolute Gasteiger partial charge is 0.373 e. The van der Waals surface area contributed by atoms with Crippen molar-refractivity contribution in [1.82, 2.24) is 14.7 Å². The molecular formula is C21H22N4O3. The summed E-state index contributed by atoms with van der Waals surface area (Å²) in [5, 5.41) is 5.87. The highest BCUT2D eigenvalue weighted by atomic mass is 16.5. The van der Waals surface area contributed by atoms with Crippen molar-refractivity contribution < 1.29 is 9.53 Å². The van der Waals surface area contributed by atoms with Gasteiger partial charge in [-0.1, -0.05) is 48.5 Å². The zero-order valence-corrected chi connectivity index (χ0v) is 15.5. The predicted molar refractivity (Wildman–Crippen MR) is 107 cm³/mol. The fourth-order valence-electron chi connectivity index (χ4n) is 3.47. The number of amides is 1. The van der Waals surface area contributed by atoms with E-state index in [1.165, 1.54) is 4.68 Å². The molecule has 28 heavy (non-hydrogen) atoms. The molecule has 7 heteroatoms. The topological polar surface area (TPSA) is 90.5 Å². The molecule has 0 bridgehead atoms. The highest BCUT2D eigenvalue weighted by molar-refractivity contribution is 5.93. The molecule has 1 aliphatic rings. The van der Waals surface area contributed by atoms with Crippen LogP contribution in [0.4, 0.5) is 0 Å². The van der Waals surface area contributed by atoms with Gasteiger partial charge in [-0.15, -0.1) is 0 Å². The minimum atomic E-state index is -0.271. The molecule has 2 aromatic carbocycles. The van der Waals surface area contributed by atoms with Crippen LogP contribution in [0.15, 0.2) is 59.4 Å². The van der Waals surface area contributed by atoms with Crippen molar-refractivity contribution in [2.24, 2.45) is 5.73 Å². The summed E-state index contributed by atoms with van der Waals surface area (Å²) in [6.07, 6.45) is -0.168. The molecular weight excluding hydrogens is 356 g/mol. The van der Waals surface area contributed by atoms with E-state index < -0.39 is 0 Å². The van der Waals surface area contributed by atoms with Crippen LogP contribution in [0, 0.1) is 0 Å². The van der Waals surface area contributed by atoms with Crippen LogP contribution in [0.25, 0.3) is 22.0 Å². The first-order valence-electron chi connectivity index (χ1n) is 9.32. The third kappa shape index (κ3) is 3.54. The number of hydrogen-bond donors (Lipinski definition) is 1. The van der Waals surface area contributed by atoms with Gasteiger partial charge in [0.25, 0.3) is 5.56 Å². The second-order valence-electron chi connectivity index (χ2n) is 6.79. The monoisotopic (exact) mass is 378 g/mol. The van der Waals surface area contributed by atoms with Crippen molar-refractivity contribution in [3.63, 3.8) is 0 Å². The summed E-state index contributed by atoms with van der Waals surface area (Å²) >= 11 is 0. The summed E-state index contributed by atoms with van der Waals surface area (Å²) in [4.78, 5) is 27.4. The molecule has 1 aromatic heterocycles. The number of nitrogens with two attached hydrogens (primary N) is 1. The third-order valence-corrected chi connectivity index (χ3v) is 4.95. The van der Waals surface area contributed by atoms with E-state index in [4.69, 9.17) is 10.5 Å². The van der Waals surface area contributed by atoms with Crippen molar-refractivity contribution >= 4 is 16.7 Å². The number of nitrogens with zero attached hydrogens (tertiary/aromatic N) is 3. The lowest BCUT2D eigenvalue weighted by molar-refractivity contribution is -0.139. The van der Waals surface area contributed by atoms with Crippen molar-refractivity contribution in [1.29, 1.82) is 0 Å². The van der Waals surface area contributed by atoms with Crippen LogP contribution < -0.4 is 11.3 Å². The maximum atomic E-state index is 12.9. The average molecular weight is 378 g/mol. The van der Waals surface area contributed by atoms with Crippen molar-refractivity contribution in [2.75, 3.05) is 26.2 Å². The number of rotatable bonds is 4. The molecule has 1 fully saturated rings. The predicted octanol–water partition coefficient (Wildman–Crippen LogP) is 1.25. The van der Waals surface area contributed by atoms with Gasteiger partial charge >= 0.3 is 0 Å². The minimum Gasteiger partial charge on any atom is -0.373 e. The molecule has 2 N–H and O–H groups in total. The molecule has 1 amide bonds. The molecule has 7 nitrogen and oxygen atoms in total. The fourth-order valence-corrected chi connectivity index (χ4v) is 3.47. The second kappa shape index (κ2) is 7.92. The maximum absolute atomic E-state index is 12.9. The zero-order chi connectivity index (χ0) is 19.5. The Morgan fingerprint density at radius 1 is 1.11 bits per heavy atom. The molecule has 3 aromatic rings. The summed E-state index contributed by atoms with van der Waals surface area (Å²) in [7, 11) is 0. The summed E-state index contributed by atoms with van der Waals surface area (Å²) in [6, 6.07) is 17.0. The van der Waals surface area contributed by atoms with Crippen LogP contribution in [0.5, 0.6) is 0 Å². The van der Waals surface area contributed by atoms with Crippen LogP contribution in [-0.2, 0) is 16.1 Å². The van der Waals surface area contributed by atoms with Gasteiger partial charge in [-0.3, -0.25) is 9.59 Å². The highest BCUT2D eigenvalue weighted by Gasteiger charge is 2.24.